The van der Waals surface area contributed by atoms with Crippen molar-refractivity contribution in [2.75, 3.05) is 52.8 Å². The van der Waals surface area contributed by atoms with Gasteiger partial charge in [-0.15, -0.1) is 0 Å². The average Bonchev–Trinajstić information content (AvgIpc) is 2.25. The summed E-state index contributed by atoms with van der Waals surface area (Å²) in [5.41, 5.74) is 9.98. The summed E-state index contributed by atoms with van der Waals surface area (Å²) in [4.78, 5) is 10.2. The molecule has 0 saturated carbocycles. The van der Waals surface area contributed by atoms with Crippen LogP contribution in [0.3, 0.4) is 0 Å². The second-order valence-electron chi connectivity index (χ2n) is 2.79. The van der Waals surface area contributed by atoms with Crippen molar-refractivity contribution in [3.63, 3.8) is 0 Å². The van der Waals surface area contributed by atoms with Crippen LogP contribution in [-0.2, 0) is 18.9 Å². The highest BCUT2D eigenvalue weighted by atomic mass is 16.6. The van der Waals surface area contributed by atoms with Crippen molar-refractivity contribution in [1.29, 1.82) is 0 Å². The van der Waals surface area contributed by atoms with Crippen LogP contribution in [0.1, 0.15) is 0 Å². The van der Waals surface area contributed by atoms with Gasteiger partial charge in [0.25, 0.3) is 0 Å². The van der Waals surface area contributed by atoms with Gasteiger partial charge in [0, 0.05) is 6.54 Å². The number of hydrogen-bond donors (Lipinski definition) is 2. The Morgan fingerprint density at radius 3 is 1.69 bits per heavy atom. The van der Waals surface area contributed by atoms with E-state index in [2.05, 4.69) is 4.74 Å². The summed E-state index contributed by atoms with van der Waals surface area (Å²) in [6, 6.07) is 0. The van der Waals surface area contributed by atoms with Crippen molar-refractivity contribution >= 4 is 6.09 Å². The number of nitrogens with two attached hydrogens (primary N) is 2. The summed E-state index contributed by atoms with van der Waals surface area (Å²) >= 11 is 0. The first-order chi connectivity index (χ1) is 7.77. The third-order valence-corrected chi connectivity index (χ3v) is 1.48. The van der Waals surface area contributed by atoms with Crippen LogP contribution < -0.4 is 11.5 Å². The summed E-state index contributed by atoms with van der Waals surface area (Å²) in [7, 11) is 0. The molecular weight excluding hydrogens is 216 g/mol. The van der Waals surface area contributed by atoms with Gasteiger partial charge in [-0.3, -0.25) is 0 Å². The SMILES string of the molecule is NCCOCCOCCOCCOC(N)=O. The van der Waals surface area contributed by atoms with Gasteiger partial charge in [-0.2, -0.15) is 0 Å². The molecule has 0 radical (unpaired) electrons. The molecule has 0 saturated heterocycles. The fourth-order valence-electron chi connectivity index (χ4n) is 0.826. The van der Waals surface area contributed by atoms with E-state index < -0.39 is 6.09 Å². The molecule has 1 amide bonds. The normalized spacial score (nSPS) is 10.3. The number of primary amides is 1. The largest absolute Gasteiger partial charge is 0.447 e. The van der Waals surface area contributed by atoms with Crippen molar-refractivity contribution in [2.45, 2.75) is 0 Å². The highest BCUT2D eigenvalue weighted by Gasteiger charge is 1.94. The fraction of sp³-hybridized carbons (Fsp3) is 0.889. The van der Waals surface area contributed by atoms with Gasteiger partial charge in [0.05, 0.1) is 39.6 Å². The van der Waals surface area contributed by atoms with Crippen LogP contribution in [0, 0.1) is 0 Å². The van der Waals surface area contributed by atoms with E-state index in [1.54, 1.807) is 0 Å². The molecule has 0 aliphatic rings. The number of amides is 1. The van der Waals surface area contributed by atoms with Crippen LogP contribution in [0.25, 0.3) is 0 Å². The number of ether oxygens (including phenoxy) is 4. The highest BCUT2D eigenvalue weighted by Crippen LogP contribution is 1.82. The van der Waals surface area contributed by atoms with Gasteiger partial charge < -0.3 is 30.4 Å². The Bertz CT molecular complexity index is 168. The second kappa shape index (κ2) is 12.2. The van der Waals surface area contributed by atoms with Gasteiger partial charge in [0.15, 0.2) is 0 Å². The van der Waals surface area contributed by atoms with Crippen molar-refractivity contribution < 1.29 is 23.7 Å². The van der Waals surface area contributed by atoms with Gasteiger partial charge in [-0.1, -0.05) is 0 Å². The lowest BCUT2D eigenvalue weighted by atomic mass is 10.7. The fourth-order valence-corrected chi connectivity index (χ4v) is 0.826. The molecule has 0 heterocycles. The minimum absolute atomic E-state index is 0.162. The van der Waals surface area contributed by atoms with Gasteiger partial charge in [0.2, 0.25) is 0 Å². The molecule has 0 aromatic rings. The molecule has 0 rings (SSSR count). The summed E-state index contributed by atoms with van der Waals surface area (Å²) in [6.45, 7) is 3.50. The minimum atomic E-state index is -0.795. The topological polar surface area (TPSA) is 106 Å². The maximum atomic E-state index is 10.2. The molecule has 0 aliphatic heterocycles. The first-order valence-corrected chi connectivity index (χ1v) is 5.13. The van der Waals surface area contributed by atoms with Crippen LogP contribution in [0.2, 0.25) is 0 Å². The smallest absolute Gasteiger partial charge is 0.404 e. The summed E-state index contributed by atoms with van der Waals surface area (Å²) < 4.78 is 19.8. The van der Waals surface area contributed by atoms with Gasteiger partial charge in [0.1, 0.15) is 6.61 Å². The Morgan fingerprint density at radius 2 is 1.25 bits per heavy atom. The van der Waals surface area contributed by atoms with Gasteiger partial charge in [-0.05, 0) is 0 Å². The molecule has 0 aliphatic carbocycles. The molecule has 0 spiro atoms. The maximum Gasteiger partial charge on any atom is 0.404 e. The molecule has 0 atom stereocenters. The van der Waals surface area contributed by atoms with Crippen LogP contribution >= 0.6 is 0 Å². The number of rotatable bonds is 11. The summed E-state index contributed by atoms with van der Waals surface area (Å²) in [5.74, 6) is 0. The second-order valence-corrected chi connectivity index (χ2v) is 2.79. The Hall–Kier alpha value is -0.890. The first-order valence-electron chi connectivity index (χ1n) is 5.13. The summed E-state index contributed by atoms with van der Waals surface area (Å²) in [6.07, 6.45) is -0.795. The van der Waals surface area contributed by atoms with Crippen molar-refractivity contribution in [3.05, 3.63) is 0 Å². The lowest BCUT2D eigenvalue weighted by molar-refractivity contribution is 0.00731. The third-order valence-electron chi connectivity index (χ3n) is 1.48. The lowest BCUT2D eigenvalue weighted by Crippen LogP contribution is -2.17. The molecule has 7 nitrogen and oxygen atoms in total. The highest BCUT2D eigenvalue weighted by molar-refractivity contribution is 5.64. The van der Waals surface area contributed by atoms with Gasteiger partial charge >= 0.3 is 6.09 Å². The van der Waals surface area contributed by atoms with Crippen LogP contribution in [-0.4, -0.2) is 58.9 Å². The maximum absolute atomic E-state index is 10.2. The van der Waals surface area contributed by atoms with Crippen LogP contribution in [0.4, 0.5) is 4.79 Å². The monoisotopic (exact) mass is 236 g/mol. The lowest BCUT2D eigenvalue weighted by Gasteiger charge is -2.06. The van der Waals surface area contributed by atoms with E-state index in [4.69, 9.17) is 25.7 Å². The van der Waals surface area contributed by atoms with E-state index in [1.807, 2.05) is 0 Å². The van der Waals surface area contributed by atoms with E-state index >= 15 is 0 Å². The molecule has 0 bridgehead atoms. The predicted molar refractivity (Wildman–Crippen MR) is 57.0 cm³/mol. The van der Waals surface area contributed by atoms with E-state index in [1.165, 1.54) is 0 Å². The van der Waals surface area contributed by atoms with Crippen molar-refractivity contribution in [2.24, 2.45) is 11.5 Å². The Balaban J connectivity index is 2.90. The van der Waals surface area contributed by atoms with E-state index in [-0.39, 0.29) is 6.61 Å². The average molecular weight is 236 g/mol. The number of hydrogen-bond acceptors (Lipinski definition) is 6. The molecular formula is C9H20N2O5. The number of carbonyl (C=O) groups excluding carboxylic acids is 1. The Labute approximate surface area is 95.0 Å². The zero-order valence-electron chi connectivity index (χ0n) is 9.35. The standard InChI is InChI=1S/C9H20N2O5/c10-1-2-13-3-4-14-5-6-15-7-8-16-9(11)12/h1-8,10H2,(H2,11,12). The van der Waals surface area contributed by atoms with Crippen molar-refractivity contribution in [1.82, 2.24) is 0 Å². The molecule has 4 N–H and O–H groups in total. The van der Waals surface area contributed by atoms with E-state index in [9.17, 15) is 4.79 Å². The molecule has 0 aromatic carbocycles. The van der Waals surface area contributed by atoms with Crippen molar-refractivity contribution in [3.8, 4) is 0 Å². The Morgan fingerprint density at radius 1 is 0.812 bits per heavy atom. The van der Waals surface area contributed by atoms with Crippen LogP contribution in [0.5, 0.6) is 0 Å². The molecule has 0 unspecified atom stereocenters. The molecule has 96 valence electrons. The minimum Gasteiger partial charge on any atom is -0.447 e. The van der Waals surface area contributed by atoms with E-state index in [0.717, 1.165) is 0 Å². The third kappa shape index (κ3) is 13.1. The Kier molecular flexibility index (Phi) is 11.5. The van der Waals surface area contributed by atoms with E-state index in [0.29, 0.717) is 46.2 Å². The number of carbonyl (C=O) groups is 1. The predicted octanol–water partition coefficient (Wildman–Crippen LogP) is -0.910. The summed E-state index contributed by atoms with van der Waals surface area (Å²) in [5, 5.41) is 0. The quantitative estimate of drug-likeness (QED) is 0.450. The molecule has 7 heteroatoms. The molecule has 16 heavy (non-hydrogen) atoms. The molecule has 0 fully saturated rings. The van der Waals surface area contributed by atoms with Crippen LogP contribution in [0.15, 0.2) is 0 Å². The zero-order valence-corrected chi connectivity index (χ0v) is 9.35. The van der Waals surface area contributed by atoms with Gasteiger partial charge in [-0.25, -0.2) is 4.79 Å². The first kappa shape index (κ1) is 15.1. The molecule has 0 aromatic heterocycles. The zero-order chi connectivity index (χ0) is 12.1.